The van der Waals surface area contributed by atoms with E-state index in [1.165, 1.54) is 22.9 Å². The topological polar surface area (TPSA) is 45.8 Å². The van der Waals surface area contributed by atoms with Crippen LogP contribution in [0.2, 0.25) is 0 Å². The van der Waals surface area contributed by atoms with Gasteiger partial charge in [0.2, 0.25) is 0 Å². The van der Waals surface area contributed by atoms with Crippen molar-refractivity contribution in [1.82, 2.24) is 0 Å². The molecule has 0 aliphatic carbocycles. The average Bonchev–Trinajstić information content (AvgIpc) is 3.26. The number of amides is 1. The minimum absolute atomic E-state index is 0.123. The second kappa shape index (κ2) is 9.59. The molecule has 0 spiro atoms. The van der Waals surface area contributed by atoms with Crippen molar-refractivity contribution in [1.29, 1.82) is 0 Å². The van der Waals surface area contributed by atoms with Crippen LogP contribution in [-0.4, -0.2) is 11.1 Å². The van der Waals surface area contributed by atoms with E-state index in [1.54, 1.807) is 11.0 Å². The first-order valence-electron chi connectivity index (χ1n) is 9.94. The minimum Gasteiger partial charge on any atom is -0.449 e. The van der Waals surface area contributed by atoms with Gasteiger partial charge in [-0.15, -0.1) is 0 Å². The molecule has 31 heavy (non-hydrogen) atoms. The first kappa shape index (κ1) is 22.1. The lowest BCUT2D eigenvalue weighted by Crippen LogP contribution is -2.28. The number of thioether (sulfide) groups is 1. The van der Waals surface area contributed by atoms with Gasteiger partial charge in [-0.1, -0.05) is 38.1 Å². The average molecular weight is 560 g/mol. The number of aliphatic imine (C=N–C) groups is 1. The van der Waals surface area contributed by atoms with E-state index >= 15 is 0 Å². The molecule has 1 aliphatic heterocycles. The van der Waals surface area contributed by atoms with Crippen LogP contribution in [0, 0.1) is 0 Å². The fourth-order valence-electron chi connectivity index (χ4n) is 3.14. The molecular formula is C24H20Br2N2O2S. The van der Waals surface area contributed by atoms with E-state index in [0.29, 0.717) is 20.5 Å². The smallest absolute Gasteiger partial charge is 0.271 e. The molecule has 0 saturated carbocycles. The van der Waals surface area contributed by atoms with Crippen LogP contribution in [0.25, 0.3) is 6.08 Å². The van der Waals surface area contributed by atoms with E-state index < -0.39 is 0 Å². The van der Waals surface area contributed by atoms with E-state index in [-0.39, 0.29) is 5.91 Å². The Morgan fingerprint density at radius 3 is 2.16 bits per heavy atom. The van der Waals surface area contributed by atoms with Crippen LogP contribution in [0.15, 0.2) is 78.1 Å². The van der Waals surface area contributed by atoms with Gasteiger partial charge < -0.3 is 4.42 Å². The lowest BCUT2D eigenvalue weighted by Gasteiger charge is -2.16. The number of hydrogen-bond acceptors (Lipinski definition) is 4. The van der Waals surface area contributed by atoms with Crippen molar-refractivity contribution in [2.24, 2.45) is 4.99 Å². The van der Waals surface area contributed by atoms with Gasteiger partial charge in [0.1, 0.15) is 5.76 Å². The van der Waals surface area contributed by atoms with Crippen molar-refractivity contribution in [3.8, 4) is 0 Å². The van der Waals surface area contributed by atoms with E-state index in [4.69, 9.17) is 9.41 Å². The Labute approximate surface area is 202 Å². The zero-order chi connectivity index (χ0) is 22.0. The number of hydrogen-bond donors (Lipinski definition) is 0. The van der Waals surface area contributed by atoms with Gasteiger partial charge in [0.15, 0.2) is 9.84 Å². The maximum atomic E-state index is 13.3. The van der Waals surface area contributed by atoms with Gasteiger partial charge in [0.25, 0.3) is 5.91 Å². The number of carbonyl (C=O) groups excluding carboxylic acids is 1. The predicted molar refractivity (Wildman–Crippen MR) is 136 cm³/mol. The van der Waals surface area contributed by atoms with Crippen LogP contribution >= 0.6 is 43.6 Å². The third-order valence-corrected chi connectivity index (χ3v) is 7.60. The Kier molecular flexibility index (Phi) is 6.84. The molecular weight excluding hydrogens is 540 g/mol. The number of aryl methyl sites for hydroxylation is 2. The maximum absolute atomic E-state index is 13.3. The highest BCUT2D eigenvalue weighted by atomic mass is 79.9. The fourth-order valence-corrected chi connectivity index (χ4v) is 4.73. The SMILES string of the molecule is CCc1ccc(N=C2SC(=Cc3cc(Br)c(Br)o3)C(=O)N2c2ccc(CC)cc2)cc1. The minimum atomic E-state index is -0.123. The molecule has 1 aromatic heterocycles. The summed E-state index contributed by atoms with van der Waals surface area (Å²) in [6.07, 6.45) is 3.67. The van der Waals surface area contributed by atoms with Crippen molar-refractivity contribution >= 4 is 72.1 Å². The maximum Gasteiger partial charge on any atom is 0.271 e. The number of rotatable bonds is 5. The lowest BCUT2D eigenvalue weighted by atomic mass is 10.1. The molecule has 4 rings (SSSR count). The zero-order valence-corrected chi connectivity index (χ0v) is 21.1. The second-order valence-electron chi connectivity index (χ2n) is 6.96. The van der Waals surface area contributed by atoms with Crippen molar-refractivity contribution in [3.05, 3.63) is 85.5 Å². The van der Waals surface area contributed by atoms with Crippen LogP contribution in [-0.2, 0) is 17.6 Å². The molecule has 4 nitrogen and oxygen atoms in total. The summed E-state index contributed by atoms with van der Waals surface area (Å²) >= 11 is 8.10. The molecule has 158 valence electrons. The number of benzene rings is 2. The fraction of sp³-hybridized carbons (Fsp3) is 0.167. The number of anilines is 1. The van der Waals surface area contributed by atoms with Crippen LogP contribution in [0.3, 0.4) is 0 Å². The van der Waals surface area contributed by atoms with Gasteiger partial charge in [-0.2, -0.15) is 0 Å². The van der Waals surface area contributed by atoms with Gasteiger partial charge in [-0.05, 0) is 97.9 Å². The molecule has 1 fully saturated rings. The van der Waals surface area contributed by atoms with Gasteiger partial charge in [0.05, 0.1) is 20.8 Å². The van der Waals surface area contributed by atoms with Gasteiger partial charge in [-0.25, -0.2) is 4.99 Å². The molecule has 0 N–H and O–H groups in total. The van der Waals surface area contributed by atoms with Crippen molar-refractivity contribution < 1.29 is 9.21 Å². The molecule has 7 heteroatoms. The molecule has 0 atom stereocenters. The highest BCUT2D eigenvalue weighted by Gasteiger charge is 2.35. The molecule has 0 unspecified atom stereocenters. The number of furan rings is 1. The van der Waals surface area contributed by atoms with Crippen molar-refractivity contribution in [2.75, 3.05) is 4.90 Å². The third-order valence-electron chi connectivity index (χ3n) is 4.92. The summed E-state index contributed by atoms with van der Waals surface area (Å²) in [7, 11) is 0. The lowest BCUT2D eigenvalue weighted by molar-refractivity contribution is -0.113. The normalized spacial score (nSPS) is 16.6. The Hall–Kier alpha value is -2.09. The Morgan fingerprint density at radius 2 is 1.61 bits per heavy atom. The predicted octanol–water partition coefficient (Wildman–Crippen LogP) is 7.74. The van der Waals surface area contributed by atoms with E-state index in [2.05, 4.69) is 57.8 Å². The quantitative estimate of drug-likeness (QED) is 0.300. The molecule has 0 bridgehead atoms. The summed E-state index contributed by atoms with van der Waals surface area (Å²) in [6.45, 7) is 4.23. The summed E-state index contributed by atoms with van der Waals surface area (Å²) in [4.78, 5) is 20.4. The number of halogens is 2. The summed E-state index contributed by atoms with van der Waals surface area (Å²) < 4.78 is 7.03. The summed E-state index contributed by atoms with van der Waals surface area (Å²) in [5.41, 5.74) is 4.08. The first-order valence-corrected chi connectivity index (χ1v) is 12.3. The monoisotopic (exact) mass is 558 g/mol. The molecule has 1 saturated heterocycles. The van der Waals surface area contributed by atoms with Crippen LogP contribution in [0.5, 0.6) is 0 Å². The van der Waals surface area contributed by atoms with E-state index in [0.717, 1.165) is 28.7 Å². The van der Waals surface area contributed by atoms with Crippen LogP contribution in [0.4, 0.5) is 11.4 Å². The number of amidine groups is 1. The molecule has 2 heterocycles. The van der Waals surface area contributed by atoms with Gasteiger partial charge >= 0.3 is 0 Å². The first-order chi connectivity index (χ1) is 15.0. The largest absolute Gasteiger partial charge is 0.449 e. The molecule has 1 aliphatic rings. The standard InChI is InChI=1S/C24H20Br2N2O2S/c1-3-15-5-9-17(10-6-15)27-24-28(18-11-7-16(4-2)8-12-18)23(29)21(31-24)14-19-13-20(25)22(26)30-19/h5-14H,3-4H2,1-2H3. The summed E-state index contributed by atoms with van der Waals surface area (Å²) in [6, 6.07) is 17.9. The molecule has 1 amide bonds. The Morgan fingerprint density at radius 1 is 1.00 bits per heavy atom. The van der Waals surface area contributed by atoms with Crippen LogP contribution < -0.4 is 4.90 Å². The Bertz CT molecular complexity index is 1150. The Balaban J connectivity index is 1.74. The zero-order valence-electron chi connectivity index (χ0n) is 17.1. The van der Waals surface area contributed by atoms with E-state index in [9.17, 15) is 4.79 Å². The highest BCUT2D eigenvalue weighted by molar-refractivity contribution is 9.13. The van der Waals surface area contributed by atoms with E-state index in [1.807, 2.05) is 42.5 Å². The van der Waals surface area contributed by atoms with Crippen molar-refractivity contribution in [2.45, 2.75) is 26.7 Å². The number of carbonyl (C=O) groups is 1. The molecule has 2 aromatic carbocycles. The number of nitrogens with zero attached hydrogens (tertiary/aromatic N) is 2. The van der Waals surface area contributed by atoms with Gasteiger partial charge in [0, 0.05) is 6.08 Å². The molecule has 0 radical (unpaired) electrons. The second-order valence-corrected chi connectivity index (χ2v) is 9.54. The van der Waals surface area contributed by atoms with Crippen molar-refractivity contribution in [3.63, 3.8) is 0 Å². The highest BCUT2D eigenvalue weighted by Crippen LogP contribution is 2.38. The molecule has 3 aromatic rings. The summed E-state index contributed by atoms with van der Waals surface area (Å²) in [5.74, 6) is 0.464. The van der Waals surface area contributed by atoms with Gasteiger partial charge in [-0.3, -0.25) is 9.69 Å². The van der Waals surface area contributed by atoms with Crippen LogP contribution in [0.1, 0.15) is 30.7 Å². The summed E-state index contributed by atoms with van der Waals surface area (Å²) in [5, 5.41) is 0.620. The third kappa shape index (κ3) is 4.89.